The van der Waals surface area contributed by atoms with Gasteiger partial charge in [0.05, 0.1) is 11.8 Å². The van der Waals surface area contributed by atoms with Crippen LogP contribution in [0.5, 0.6) is 0 Å². The van der Waals surface area contributed by atoms with Crippen molar-refractivity contribution in [2.24, 2.45) is 11.8 Å². The van der Waals surface area contributed by atoms with Crippen LogP contribution in [0.2, 0.25) is 0 Å². The number of nitrogens with one attached hydrogen (secondary N) is 1. The molecule has 3 fully saturated rings. The minimum atomic E-state index is -4.24. The Morgan fingerprint density at radius 1 is 1.18 bits per heavy atom. The maximum absolute atomic E-state index is 12.5. The number of rotatable bonds is 3. The Bertz CT molecular complexity index is 460. The smallest absolute Gasteiger partial charge is 0.352 e. The monoisotopic (exact) mass is 318 g/mol. The Morgan fingerprint density at radius 3 is 2.45 bits per heavy atom. The first-order valence-corrected chi connectivity index (χ1v) is 8.03. The maximum atomic E-state index is 12.5. The number of likely N-dealkylation sites (tertiary alicyclic amines) is 1. The summed E-state index contributed by atoms with van der Waals surface area (Å²) in [5, 5.41) is 2.46. The molecule has 0 radical (unpaired) electrons. The molecule has 2 aliphatic carbocycles. The SMILES string of the molecule is O=C(N[C@@H]1C[C@H]1C(F)(F)F)C1CC(=O)N(C2CCCCC2)C1. The van der Waals surface area contributed by atoms with Crippen LogP contribution in [0, 0.1) is 11.8 Å². The molecule has 1 N–H and O–H groups in total. The molecule has 1 saturated heterocycles. The van der Waals surface area contributed by atoms with Crippen LogP contribution in [0.1, 0.15) is 44.9 Å². The van der Waals surface area contributed by atoms with E-state index in [4.69, 9.17) is 0 Å². The van der Waals surface area contributed by atoms with Crippen LogP contribution in [0.25, 0.3) is 0 Å². The van der Waals surface area contributed by atoms with Gasteiger partial charge in [0.2, 0.25) is 11.8 Å². The van der Waals surface area contributed by atoms with E-state index in [2.05, 4.69) is 5.32 Å². The van der Waals surface area contributed by atoms with Crippen LogP contribution in [-0.2, 0) is 9.59 Å². The highest BCUT2D eigenvalue weighted by Crippen LogP contribution is 2.44. The van der Waals surface area contributed by atoms with Crippen molar-refractivity contribution in [2.75, 3.05) is 6.54 Å². The third-order valence-corrected chi connectivity index (χ3v) is 5.08. The van der Waals surface area contributed by atoms with Crippen molar-refractivity contribution in [3.8, 4) is 0 Å². The van der Waals surface area contributed by atoms with E-state index >= 15 is 0 Å². The van der Waals surface area contributed by atoms with Crippen LogP contribution in [0.4, 0.5) is 13.2 Å². The molecular weight excluding hydrogens is 297 g/mol. The van der Waals surface area contributed by atoms with Gasteiger partial charge in [0.15, 0.2) is 0 Å². The molecule has 4 nitrogen and oxygen atoms in total. The third kappa shape index (κ3) is 3.22. The molecule has 3 rings (SSSR count). The van der Waals surface area contributed by atoms with Gasteiger partial charge in [-0.05, 0) is 19.3 Å². The quantitative estimate of drug-likeness (QED) is 0.867. The van der Waals surface area contributed by atoms with Crippen LogP contribution in [0.15, 0.2) is 0 Å². The molecule has 22 heavy (non-hydrogen) atoms. The lowest BCUT2D eigenvalue weighted by Gasteiger charge is -2.31. The standard InChI is InChI=1S/C15H21F3N2O2/c16-15(17,18)11-7-12(11)19-14(22)9-6-13(21)20(8-9)10-4-2-1-3-5-10/h9-12H,1-8H2,(H,19,22)/t9?,11-,12-/m1/s1. The molecule has 0 aromatic heterocycles. The largest absolute Gasteiger partial charge is 0.393 e. The van der Waals surface area contributed by atoms with Gasteiger partial charge in [-0.15, -0.1) is 0 Å². The second-order valence-corrected chi connectivity index (χ2v) is 6.74. The van der Waals surface area contributed by atoms with E-state index in [1.54, 1.807) is 4.90 Å². The average molecular weight is 318 g/mol. The summed E-state index contributed by atoms with van der Waals surface area (Å²) in [6.07, 6.45) is 1.17. The van der Waals surface area contributed by atoms with Gasteiger partial charge in [0, 0.05) is 25.0 Å². The van der Waals surface area contributed by atoms with Crippen molar-refractivity contribution in [3.05, 3.63) is 0 Å². The summed E-state index contributed by atoms with van der Waals surface area (Å²) in [4.78, 5) is 25.9. The van der Waals surface area contributed by atoms with E-state index in [0.29, 0.717) is 6.54 Å². The Kier molecular flexibility index (Phi) is 4.07. The molecule has 1 aliphatic heterocycles. The minimum absolute atomic E-state index is 0.0322. The van der Waals surface area contributed by atoms with Crippen LogP contribution in [-0.4, -0.2) is 41.5 Å². The molecule has 1 heterocycles. The summed E-state index contributed by atoms with van der Waals surface area (Å²) in [6, 6.07) is -0.589. The Morgan fingerprint density at radius 2 is 1.86 bits per heavy atom. The van der Waals surface area contributed by atoms with Gasteiger partial charge in [-0.2, -0.15) is 13.2 Å². The van der Waals surface area contributed by atoms with E-state index in [1.807, 2.05) is 0 Å². The van der Waals surface area contributed by atoms with Crippen LogP contribution < -0.4 is 5.32 Å². The van der Waals surface area contributed by atoms with Crippen LogP contribution in [0.3, 0.4) is 0 Å². The fourth-order valence-electron chi connectivity index (χ4n) is 3.67. The summed E-state index contributed by atoms with van der Waals surface area (Å²) in [5.41, 5.74) is 0. The van der Waals surface area contributed by atoms with Gasteiger partial charge in [0.25, 0.3) is 0 Å². The lowest BCUT2D eigenvalue weighted by Crippen LogP contribution is -2.40. The van der Waals surface area contributed by atoms with E-state index in [-0.39, 0.29) is 24.8 Å². The maximum Gasteiger partial charge on any atom is 0.393 e. The van der Waals surface area contributed by atoms with Crippen molar-refractivity contribution >= 4 is 11.8 Å². The number of nitrogens with zero attached hydrogens (tertiary/aromatic N) is 1. The summed E-state index contributed by atoms with van der Waals surface area (Å²) in [7, 11) is 0. The lowest BCUT2D eigenvalue weighted by atomic mass is 9.94. The van der Waals surface area contributed by atoms with E-state index < -0.39 is 30.0 Å². The second-order valence-electron chi connectivity index (χ2n) is 6.74. The van der Waals surface area contributed by atoms with E-state index in [9.17, 15) is 22.8 Å². The Balaban J connectivity index is 1.51. The van der Waals surface area contributed by atoms with Gasteiger partial charge in [-0.25, -0.2) is 0 Å². The van der Waals surface area contributed by atoms with Crippen molar-refractivity contribution in [3.63, 3.8) is 0 Å². The van der Waals surface area contributed by atoms with Crippen molar-refractivity contribution in [1.29, 1.82) is 0 Å². The van der Waals surface area contributed by atoms with E-state index in [0.717, 1.165) is 25.7 Å². The first-order chi connectivity index (χ1) is 10.4. The number of halogens is 3. The average Bonchev–Trinajstić information content (AvgIpc) is 3.13. The summed E-state index contributed by atoms with van der Waals surface area (Å²) in [5.74, 6) is -2.34. The number of alkyl halides is 3. The molecule has 2 saturated carbocycles. The van der Waals surface area contributed by atoms with E-state index in [1.165, 1.54) is 6.42 Å². The highest BCUT2D eigenvalue weighted by Gasteiger charge is 2.56. The Hall–Kier alpha value is -1.27. The van der Waals surface area contributed by atoms with Crippen LogP contribution >= 0.6 is 0 Å². The normalized spacial score (nSPS) is 33.1. The van der Waals surface area contributed by atoms with Crippen molar-refractivity contribution in [2.45, 2.75) is 63.2 Å². The highest BCUT2D eigenvalue weighted by molar-refractivity contribution is 5.89. The third-order valence-electron chi connectivity index (χ3n) is 5.08. The summed E-state index contributed by atoms with van der Waals surface area (Å²) < 4.78 is 37.4. The van der Waals surface area contributed by atoms with Gasteiger partial charge < -0.3 is 10.2 Å². The number of hydrogen-bond donors (Lipinski definition) is 1. The highest BCUT2D eigenvalue weighted by atomic mass is 19.4. The zero-order valence-corrected chi connectivity index (χ0v) is 12.4. The molecule has 124 valence electrons. The zero-order chi connectivity index (χ0) is 15.9. The number of carbonyl (C=O) groups excluding carboxylic acids is 2. The lowest BCUT2D eigenvalue weighted by molar-refractivity contribution is -0.149. The fourth-order valence-corrected chi connectivity index (χ4v) is 3.67. The van der Waals surface area contributed by atoms with Gasteiger partial charge in [-0.3, -0.25) is 9.59 Å². The number of amides is 2. The minimum Gasteiger partial charge on any atom is -0.352 e. The molecule has 3 aliphatic rings. The number of carbonyl (C=O) groups is 2. The van der Waals surface area contributed by atoms with Gasteiger partial charge in [-0.1, -0.05) is 19.3 Å². The molecule has 0 aromatic rings. The summed E-state index contributed by atoms with van der Waals surface area (Å²) in [6.45, 7) is 0.360. The number of hydrogen-bond acceptors (Lipinski definition) is 2. The topological polar surface area (TPSA) is 49.4 Å². The Labute approximate surface area is 127 Å². The molecule has 7 heteroatoms. The molecule has 0 aromatic carbocycles. The van der Waals surface area contributed by atoms with Crippen molar-refractivity contribution < 1.29 is 22.8 Å². The molecule has 3 atom stereocenters. The molecule has 0 spiro atoms. The fraction of sp³-hybridized carbons (Fsp3) is 0.867. The summed E-state index contributed by atoms with van der Waals surface area (Å²) >= 11 is 0. The molecule has 1 unspecified atom stereocenters. The molecular formula is C15H21F3N2O2. The van der Waals surface area contributed by atoms with Crippen molar-refractivity contribution in [1.82, 2.24) is 10.2 Å². The first kappa shape index (κ1) is 15.6. The first-order valence-electron chi connectivity index (χ1n) is 8.03. The molecule has 0 bridgehead atoms. The zero-order valence-electron chi connectivity index (χ0n) is 12.4. The molecule has 2 amide bonds. The predicted octanol–water partition coefficient (Wildman–Crippen LogP) is 2.23. The van der Waals surface area contributed by atoms with Gasteiger partial charge >= 0.3 is 6.18 Å². The predicted molar refractivity (Wildman–Crippen MR) is 72.8 cm³/mol. The second kappa shape index (κ2) is 5.74. The van der Waals surface area contributed by atoms with Gasteiger partial charge in [0.1, 0.15) is 0 Å².